The first-order valence-corrected chi connectivity index (χ1v) is 5.87. The van der Waals surface area contributed by atoms with Gasteiger partial charge in [-0.2, -0.15) is 13.2 Å². The SMILES string of the molecule is Cc1ccc(C2C3CNCC32)cc1C(F)(F)F. The van der Waals surface area contributed by atoms with Gasteiger partial charge in [-0.1, -0.05) is 12.1 Å². The number of fused-ring (bicyclic) bond motifs is 1. The third kappa shape index (κ3) is 1.75. The van der Waals surface area contributed by atoms with Gasteiger partial charge in [-0.25, -0.2) is 0 Å². The summed E-state index contributed by atoms with van der Waals surface area (Å²) in [6.45, 7) is 3.41. The molecule has 1 nitrogen and oxygen atoms in total. The summed E-state index contributed by atoms with van der Waals surface area (Å²) in [6, 6.07) is 4.80. The van der Waals surface area contributed by atoms with Gasteiger partial charge in [0.2, 0.25) is 0 Å². The van der Waals surface area contributed by atoms with Crippen LogP contribution in [0.25, 0.3) is 0 Å². The normalized spacial score (nSPS) is 31.4. The molecule has 0 bridgehead atoms. The van der Waals surface area contributed by atoms with E-state index in [0.717, 1.165) is 18.7 Å². The Morgan fingerprint density at radius 1 is 1.18 bits per heavy atom. The zero-order valence-electron chi connectivity index (χ0n) is 9.51. The van der Waals surface area contributed by atoms with E-state index in [9.17, 15) is 13.2 Å². The minimum atomic E-state index is -4.23. The highest BCUT2D eigenvalue weighted by Crippen LogP contribution is 2.56. The van der Waals surface area contributed by atoms with Gasteiger partial charge in [-0.3, -0.25) is 0 Å². The fourth-order valence-corrected chi connectivity index (χ4v) is 3.07. The second-order valence-corrected chi connectivity index (χ2v) is 5.08. The Morgan fingerprint density at radius 2 is 1.82 bits per heavy atom. The fraction of sp³-hybridized carbons (Fsp3) is 0.538. The van der Waals surface area contributed by atoms with Crippen molar-refractivity contribution in [3.63, 3.8) is 0 Å². The number of benzene rings is 1. The second kappa shape index (κ2) is 3.48. The molecule has 1 heterocycles. The van der Waals surface area contributed by atoms with Crippen molar-refractivity contribution in [1.82, 2.24) is 5.32 Å². The number of aryl methyl sites for hydroxylation is 1. The van der Waals surface area contributed by atoms with Gasteiger partial charge in [0.25, 0.3) is 0 Å². The molecular weight excluding hydrogens is 227 g/mol. The first-order valence-electron chi connectivity index (χ1n) is 5.87. The lowest BCUT2D eigenvalue weighted by atomic mass is 10.00. The fourth-order valence-electron chi connectivity index (χ4n) is 3.07. The molecular formula is C13H14F3N. The Hall–Kier alpha value is -1.03. The van der Waals surface area contributed by atoms with Crippen LogP contribution >= 0.6 is 0 Å². The Kier molecular flexibility index (Phi) is 2.27. The van der Waals surface area contributed by atoms with Crippen molar-refractivity contribution in [3.8, 4) is 0 Å². The van der Waals surface area contributed by atoms with E-state index in [1.165, 1.54) is 13.0 Å². The third-order valence-corrected chi connectivity index (χ3v) is 4.04. The molecule has 1 N–H and O–H groups in total. The van der Waals surface area contributed by atoms with E-state index < -0.39 is 11.7 Å². The molecule has 2 atom stereocenters. The number of nitrogens with one attached hydrogen (secondary N) is 1. The molecule has 2 fully saturated rings. The molecule has 2 unspecified atom stereocenters. The summed E-state index contributed by atoms with van der Waals surface area (Å²) in [4.78, 5) is 0. The average molecular weight is 241 g/mol. The highest BCUT2D eigenvalue weighted by molar-refractivity contribution is 5.39. The molecule has 92 valence electrons. The van der Waals surface area contributed by atoms with Gasteiger partial charge in [-0.05, 0) is 55.0 Å². The van der Waals surface area contributed by atoms with Crippen molar-refractivity contribution in [3.05, 3.63) is 34.9 Å². The van der Waals surface area contributed by atoms with Crippen LogP contribution in [0.15, 0.2) is 18.2 Å². The lowest BCUT2D eigenvalue weighted by Gasteiger charge is -2.13. The topological polar surface area (TPSA) is 12.0 Å². The van der Waals surface area contributed by atoms with Crippen LogP contribution in [0, 0.1) is 18.8 Å². The molecule has 1 saturated carbocycles. The van der Waals surface area contributed by atoms with Crippen molar-refractivity contribution >= 4 is 0 Å². The van der Waals surface area contributed by atoms with E-state index in [4.69, 9.17) is 0 Å². The Balaban J connectivity index is 1.92. The zero-order valence-corrected chi connectivity index (χ0v) is 9.51. The number of alkyl halides is 3. The van der Waals surface area contributed by atoms with Crippen molar-refractivity contribution in [2.24, 2.45) is 11.8 Å². The molecule has 0 radical (unpaired) electrons. The molecule has 0 spiro atoms. The van der Waals surface area contributed by atoms with E-state index in [1.807, 2.05) is 6.07 Å². The van der Waals surface area contributed by atoms with E-state index in [-0.39, 0.29) is 0 Å². The van der Waals surface area contributed by atoms with Crippen molar-refractivity contribution in [2.75, 3.05) is 13.1 Å². The minimum absolute atomic E-state index is 0.310. The summed E-state index contributed by atoms with van der Waals surface area (Å²) in [5.74, 6) is 1.45. The molecule has 1 saturated heterocycles. The Morgan fingerprint density at radius 3 is 2.41 bits per heavy atom. The molecule has 1 aliphatic carbocycles. The number of hydrogen-bond acceptors (Lipinski definition) is 1. The van der Waals surface area contributed by atoms with Crippen LogP contribution in [0.1, 0.15) is 22.6 Å². The lowest BCUT2D eigenvalue weighted by molar-refractivity contribution is -0.138. The lowest BCUT2D eigenvalue weighted by Crippen LogP contribution is -2.14. The average Bonchev–Trinajstić information content (AvgIpc) is 2.72. The van der Waals surface area contributed by atoms with Crippen LogP contribution in [0.4, 0.5) is 13.2 Å². The first kappa shape index (κ1) is 11.1. The molecule has 3 rings (SSSR count). The molecule has 1 aliphatic heterocycles. The third-order valence-electron chi connectivity index (χ3n) is 4.04. The van der Waals surface area contributed by atoms with E-state index in [1.54, 1.807) is 6.07 Å². The standard InChI is InChI=1S/C13H14F3N/c1-7-2-3-8(4-11(7)13(14,15)16)12-9-5-17-6-10(9)12/h2-4,9-10,12,17H,5-6H2,1H3. The molecule has 0 amide bonds. The Labute approximate surface area is 98.0 Å². The summed E-state index contributed by atoms with van der Waals surface area (Å²) in [5.41, 5.74) is 0.692. The van der Waals surface area contributed by atoms with Gasteiger partial charge < -0.3 is 5.32 Å². The second-order valence-electron chi connectivity index (χ2n) is 5.08. The number of halogens is 3. The quantitative estimate of drug-likeness (QED) is 0.797. The number of piperidine rings is 1. The van der Waals surface area contributed by atoms with Crippen molar-refractivity contribution in [1.29, 1.82) is 0 Å². The Bertz CT molecular complexity index is 442. The van der Waals surface area contributed by atoms with Crippen LogP contribution in [0.5, 0.6) is 0 Å². The van der Waals surface area contributed by atoms with Crippen LogP contribution in [-0.4, -0.2) is 13.1 Å². The van der Waals surface area contributed by atoms with E-state index in [2.05, 4.69) is 5.32 Å². The smallest absolute Gasteiger partial charge is 0.316 e. The molecule has 17 heavy (non-hydrogen) atoms. The van der Waals surface area contributed by atoms with Gasteiger partial charge in [0, 0.05) is 0 Å². The van der Waals surface area contributed by atoms with Crippen LogP contribution in [0.3, 0.4) is 0 Å². The maximum absolute atomic E-state index is 12.8. The molecule has 1 aromatic rings. The van der Waals surface area contributed by atoms with Crippen LogP contribution in [0.2, 0.25) is 0 Å². The monoisotopic (exact) mass is 241 g/mol. The van der Waals surface area contributed by atoms with Gasteiger partial charge >= 0.3 is 6.18 Å². The zero-order chi connectivity index (χ0) is 12.2. The van der Waals surface area contributed by atoms with E-state index >= 15 is 0 Å². The van der Waals surface area contributed by atoms with Crippen molar-refractivity contribution in [2.45, 2.75) is 19.0 Å². The summed E-state index contributed by atoms with van der Waals surface area (Å²) >= 11 is 0. The molecule has 1 aromatic carbocycles. The maximum atomic E-state index is 12.8. The minimum Gasteiger partial charge on any atom is -0.316 e. The van der Waals surface area contributed by atoms with Gasteiger partial charge in [-0.15, -0.1) is 0 Å². The summed E-state index contributed by atoms with van der Waals surface area (Å²) in [7, 11) is 0. The van der Waals surface area contributed by atoms with Crippen LogP contribution in [-0.2, 0) is 6.18 Å². The van der Waals surface area contributed by atoms with Gasteiger partial charge in [0.1, 0.15) is 0 Å². The number of hydrogen-bond donors (Lipinski definition) is 1. The predicted octanol–water partition coefficient (Wildman–Crippen LogP) is 2.95. The molecule has 4 heteroatoms. The largest absolute Gasteiger partial charge is 0.416 e. The summed E-state index contributed by atoms with van der Waals surface area (Å²) in [6.07, 6.45) is -4.23. The van der Waals surface area contributed by atoms with Gasteiger partial charge in [0.05, 0.1) is 5.56 Å². The maximum Gasteiger partial charge on any atom is 0.416 e. The highest BCUT2D eigenvalue weighted by atomic mass is 19.4. The summed E-state index contributed by atoms with van der Waals surface area (Å²) < 4.78 is 38.4. The molecule has 0 aromatic heterocycles. The van der Waals surface area contributed by atoms with Crippen LogP contribution < -0.4 is 5.32 Å². The van der Waals surface area contributed by atoms with E-state index in [0.29, 0.717) is 23.3 Å². The first-order chi connectivity index (χ1) is 7.98. The summed E-state index contributed by atoms with van der Waals surface area (Å²) in [5, 5.41) is 3.26. The van der Waals surface area contributed by atoms with Crippen molar-refractivity contribution < 1.29 is 13.2 Å². The number of rotatable bonds is 1. The van der Waals surface area contributed by atoms with Gasteiger partial charge in [0.15, 0.2) is 0 Å². The molecule has 2 aliphatic rings. The highest BCUT2D eigenvalue weighted by Gasteiger charge is 2.53. The predicted molar refractivity (Wildman–Crippen MR) is 58.8 cm³/mol.